The zero-order chi connectivity index (χ0) is 18.0. The number of hydrogen-bond donors (Lipinski definition) is 1. The Kier molecular flexibility index (Phi) is 5.15. The van der Waals surface area contributed by atoms with Gasteiger partial charge in [-0.25, -0.2) is 4.98 Å². The van der Waals surface area contributed by atoms with Crippen LogP contribution in [0.5, 0.6) is 0 Å². The Bertz CT molecular complexity index is 771. The van der Waals surface area contributed by atoms with E-state index in [1.54, 1.807) is 16.7 Å². The molecule has 3 rings (SSSR count). The first-order valence-corrected chi connectivity index (χ1v) is 10.0. The highest BCUT2D eigenvalue weighted by molar-refractivity contribution is 8.00. The van der Waals surface area contributed by atoms with Gasteiger partial charge in [-0.3, -0.25) is 9.59 Å². The van der Waals surface area contributed by atoms with Crippen LogP contribution in [-0.2, 0) is 16.0 Å². The number of thioether (sulfide) groups is 1. The number of nitrogens with zero attached hydrogens (tertiary/aromatic N) is 2. The first kappa shape index (κ1) is 17.9. The van der Waals surface area contributed by atoms with Gasteiger partial charge in [-0.2, -0.15) is 0 Å². The molecule has 0 bridgehead atoms. The summed E-state index contributed by atoms with van der Waals surface area (Å²) in [5.74, 6) is 0.404. The lowest BCUT2D eigenvalue weighted by atomic mass is 10.1. The van der Waals surface area contributed by atoms with Gasteiger partial charge in [0.25, 0.3) is 0 Å². The molecule has 1 fully saturated rings. The zero-order valence-corrected chi connectivity index (χ0v) is 16.1. The van der Waals surface area contributed by atoms with Crippen LogP contribution in [-0.4, -0.2) is 38.9 Å². The Morgan fingerprint density at radius 1 is 1.40 bits per heavy atom. The van der Waals surface area contributed by atoms with E-state index in [4.69, 9.17) is 0 Å². The van der Waals surface area contributed by atoms with Crippen LogP contribution in [0.4, 0.5) is 5.13 Å². The van der Waals surface area contributed by atoms with Crippen molar-refractivity contribution in [3.8, 4) is 11.3 Å². The molecule has 1 aliphatic rings. The number of nitrogens with one attached hydrogen (secondary N) is 1. The summed E-state index contributed by atoms with van der Waals surface area (Å²) in [4.78, 5) is 29.6. The van der Waals surface area contributed by atoms with E-state index in [1.807, 2.05) is 31.4 Å². The molecule has 0 radical (unpaired) electrons. The molecule has 7 heteroatoms. The minimum Gasteiger partial charge on any atom is -0.318 e. The maximum atomic E-state index is 12.5. The number of anilines is 1. The molecule has 2 amide bonds. The summed E-state index contributed by atoms with van der Waals surface area (Å²) in [5, 5.41) is 5.34. The monoisotopic (exact) mass is 375 g/mol. The van der Waals surface area contributed by atoms with Crippen molar-refractivity contribution >= 4 is 40.5 Å². The third kappa shape index (κ3) is 3.72. The molecule has 132 valence electrons. The summed E-state index contributed by atoms with van der Waals surface area (Å²) in [6.07, 6.45) is 1.76. The maximum absolute atomic E-state index is 12.5. The SMILES string of the molecule is CCc1ccc(-c2csc(NC(=O)C3CSC(C)(C)N3C=O)n2)cc1. The summed E-state index contributed by atoms with van der Waals surface area (Å²) >= 11 is 3.00. The molecule has 0 spiro atoms. The number of aromatic nitrogens is 1. The molecule has 1 aliphatic heterocycles. The van der Waals surface area contributed by atoms with E-state index in [0.29, 0.717) is 10.9 Å². The molecular weight excluding hydrogens is 354 g/mol. The van der Waals surface area contributed by atoms with Gasteiger partial charge in [-0.15, -0.1) is 23.1 Å². The van der Waals surface area contributed by atoms with Crippen molar-refractivity contribution in [2.24, 2.45) is 0 Å². The predicted octanol–water partition coefficient (Wildman–Crippen LogP) is 3.62. The van der Waals surface area contributed by atoms with E-state index in [9.17, 15) is 9.59 Å². The lowest BCUT2D eigenvalue weighted by Crippen LogP contribution is -2.47. The van der Waals surface area contributed by atoms with Crippen LogP contribution in [0, 0.1) is 0 Å². The number of amides is 2. The van der Waals surface area contributed by atoms with Crippen LogP contribution < -0.4 is 5.32 Å². The minimum atomic E-state index is -0.464. The smallest absolute Gasteiger partial charge is 0.249 e. The van der Waals surface area contributed by atoms with Crippen molar-refractivity contribution in [3.63, 3.8) is 0 Å². The van der Waals surface area contributed by atoms with Gasteiger partial charge < -0.3 is 10.2 Å². The molecular formula is C18H21N3O2S2. The standard InChI is InChI=1S/C18H21N3O2S2/c1-4-12-5-7-13(8-6-12)14-9-24-17(19-14)20-16(23)15-10-25-18(2,3)21(15)11-22/h5-9,11,15H,4,10H2,1-3H3,(H,19,20,23). The Morgan fingerprint density at radius 2 is 2.12 bits per heavy atom. The molecule has 1 N–H and O–H groups in total. The number of hydrogen-bond acceptors (Lipinski definition) is 5. The molecule has 25 heavy (non-hydrogen) atoms. The molecule has 1 saturated heterocycles. The summed E-state index contributed by atoms with van der Waals surface area (Å²) < 4.78 is 0. The van der Waals surface area contributed by atoms with Crippen LogP contribution in [0.2, 0.25) is 0 Å². The van der Waals surface area contributed by atoms with Gasteiger partial charge in [0, 0.05) is 16.7 Å². The number of rotatable bonds is 5. The normalized spacial score (nSPS) is 19.0. The molecule has 1 aromatic heterocycles. The molecule has 2 heterocycles. The molecule has 1 aromatic carbocycles. The molecule has 0 aliphatic carbocycles. The summed E-state index contributed by atoms with van der Waals surface area (Å²) in [7, 11) is 0. The second-order valence-electron chi connectivity index (χ2n) is 6.36. The highest BCUT2D eigenvalue weighted by atomic mass is 32.2. The topological polar surface area (TPSA) is 62.3 Å². The highest BCUT2D eigenvalue weighted by Crippen LogP contribution is 2.38. The molecule has 2 aromatic rings. The average Bonchev–Trinajstić information content (AvgIpc) is 3.18. The van der Waals surface area contributed by atoms with Gasteiger partial charge in [0.15, 0.2) is 5.13 Å². The first-order chi connectivity index (χ1) is 11.9. The molecule has 0 saturated carbocycles. The van der Waals surface area contributed by atoms with Crippen molar-refractivity contribution in [1.82, 2.24) is 9.88 Å². The van der Waals surface area contributed by atoms with Crippen molar-refractivity contribution in [3.05, 3.63) is 35.2 Å². The van der Waals surface area contributed by atoms with E-state index in [1.165, 1.54) is 16.9 Å². The van der Waals surface area contributed by atoms with Gasteiger partial charge in [0.05, 0.1) is 10.6 Å². The summed E-state index contributed by atoms with van der Waals surface area (Å²) in [5.41, 5.74) is 3.15. The van der Waals surface area contributed by atoms with E-state index in [-0.39, 0.29) is 10.8 Å². The maximum Gasteiger partial charge on any atom is 0.249 e. The van der Waals surface area contributed by atoms with E-state index in [0.717, 1.165) is 24.1 Å². The van der Waals surface area contributed by atoms with Crippen molar-refractivity contribution in [2.75, 3.05) is 11.1 Å². The minimum absolute atomic E-state index is 0.188. The van der Waals surface area contributed by atoms with Crippen LogP contribution in [0.3, 0.4) is 0 Å². The fourth-order valence-corrected chi connectivity index (χ4v) is 4.70. The number of aryl methyl sites for hydroxylation is 1. The Balaban J connectivity index is 1.70. The molecule has 1 atom stereocenters. The van der Waals surface area contributed by atoms with Gasteiger partial charge in [-0.05, 0) is 25.8 Å². The van der Waals surface area contributed by atoms with Gasteiger partial charge in [0.2, 0.25) is 12.3 Å². The Hall–Kier alpha value is -1.86. The highest BCUT2D eigenvalue weighted by Gasteiger charge is 2.43. The lowest BCUT2D eigenvalue weighted by Gasteiger charge is -2.29. The van der Waals surface area contributed by atoms with Crippen LogP contribution in [0.1, 0.15) is 26.3 Å². The fourth-order valence-electron chi connectivity index (χ4n) is 2.78. The Labute approximate surface area is 155 Å². The van der Waals surface area contributed by atoms with E-state index in [2.05, 4.69) is 29.4 Å². The summed E-state index contributed by atoms with van der Waals surface area (Å²) in [6, 6.07) is 7.81. The molecule has 1 unspecified atom stereocenters. The predicted molar refractivity (Wildman–Crippen MR) is 104 cm³/mol. The number of benzene rings is 1. The molecule has 5 nitrogen and oxygen atoms in total. The largest absolute Gasteiger partial charge is 0.318 e. The van der Waals surface area contributed by atoms with Crippen molar-refractivity contribution in [1.29, 1.82) is 0 Å². The summed E-state index contributed by atoms with van der Waals surface area (Å²) in [6.45, 7) is 6.01. The number of thiazole rings is 1. The Morgan fingerprint density at radius 3 is 2.76 bits per heavy atom. The third-order valence-electron chi connectivity index (χ3n) is 4.36. The van der Waals surface area contributed by atoms with Gasteiger partial charge >= 0.3 is 0 Å². The van der Waals surface area contributed by atoms with Gasteiger partial charge in [0.1, 0.15) is 6.04 Å². The van der Waals surface area contributed by atoms with Crippen molar-refractivity contribution in [2.45, 2.75) is 38.1 Å². The second kappa shape index (κ2) is 7.17. The third-order valence-corrected chi connectivity index (χ3v) is 6.52. The zero-order valence-electron chi connectivity index (χ0n) is 14.5. The fraction of sp³-hybridized carbons (Fsp3) is 0.389. The van der Waals surface area contributed by atoms with E-state index >= 15 is 0 Å². The van der Waals surface area contributed by atoms with Crippen LogP contribution in [0.15, 0.2) is 29.6 Å². The van der Waals surface area contributed by atoms with Gasteiger partial charge in [-0.1, -0.05) is 31.2 Å². The lowest BCUT2D eigenvalue weighted by molar-refractivity contribution is -0.130. The number of carbonyl (C=O) groups excluding carboxylic acids is 2. The van der Waals surface area contributed by atoms with Crippen molar-refractivity contribution < 1.29 is 9.59 Å². The van der Waals surface area contributed by atoms with E-state index < -0.39 is 6.04 Å². The van der Waals surface area contributed by atoms with Crippen LogP contribution >= 0.6 is 23.1 Å². The average molecular weight is 376 g/mol. The first-order valence-electron chi connectivity index (χ1n) is 8.18. The quantitative estimate of drug-likeness (QED) is 0.811. The number of carbonyl (C=O) groups is 2. The van der Waals surface area contributed by atoms with Crippen LogP contribution in [0.25, 0.3) is 11.3 Å². The second-order valence-corrected chi connectivity index (χ2v) is 8.84.